The van der Waals surface area contributed by atoms with Gasteiger partial charge in [-0.25, -0.2) is 4.39 Å². The van der Waals surface area contributed by atoms with E-state index < -0.39 is 0 Å². The first-order chi connectivity index (χ1) is 14.2. The van der Waals surface area contributed by atoms with E-state index in [-0.39, 0.29) is 11.4 Å². The number of aromatic nitrogens is 2. The third kappa shape index (κ3) is 5.12. The largest absolute Gasteiger partial charge is 0.478 e. The van der Waals surface area contributed by atoms with E-state index in [1.165, 1.54) is 18.2 Å². The minimum Gasteiger partial charge on any atom is -0.478 e. The summed E-state index contributed by atoms with van der Waals surface area (Å²) in [5.41, 5.74) is 1.47. The molecular formula is C22H25FN4O2. The highest BCUT2D eigenvalue weighted by Gasteiger charge is 2.16. The number of nitrogens with one attached hydrogen (secondary N) is 1. The predicted molar refractivity (Wildman–Crippen MR) is 112 cm³/mol. The van der Waals surface area contributed by atoms with Gasteiger partial charge in [0.1, 0.15) is 11.5 Å². The Morgan fingerprint density at radius 3 is 2.52 bits per heavy atom. The van der Waals surface area contributed by atoms with E-state index in [9.17, 15) is 9.18 Å². The van der Waals surface area contributed by atoms with Crippen LogP contribution >= 0.6 is 0 Å². The summed E-state index contributed by atoms with van der Waals surface area (Å²) in [4.78, 5) is 23.2. The lowest BCUT2D eigenvalue weighted by Gasteiger charge is -2.36. The second-order valence-corrected chi connectivity index (χ2v) is 7.27. The maximum atomic E-state index is 13.1. The molecule has 29 heavy (non-hydrogen) atoms. The maximum Gasteiger partial charge on any atom is 0.249 e. The van der Waals surface area contributed by atoms with Crippen LogP contribution in [-0.4, -0.2) is 54.2 Å². The molecule has 6 nitrogen and oxygen atoms in total. The Morgan fingerprint density at radius 1 is 0.966 bits per heavy atom. The third-order valence-electron chi connectivity index (χ3n) is 5.24. The number of nitrogens with zero attached hydrogens (tertiary/aromatic N) is 3. The number of fused-ring (bicyclic) bond motifs is 1. The van der Waals surface area contributed by atoms with Crippen molar-refractivity contribution in [2.24, 2.45) is 0 Å². The maximum absolute atomic E-state index is 13.1. The number of halogens is 1. The van der Waals surface area contributed by atoms with Gasteiger partial charge in [-0.3, -0.25) is 9.69 Å². The van der Waals surface area contributed by atoms with Gasteiger partial charge in [0, 0.05) is 49.4 Å². The Bertz CT molecular complexity index is 998. The van der Waals surface area contributed by atoms with Crippen LogP contribution in [0.5, 0.6) is 5.88 Å². The number of rotatable bonds is 7. The van der Waals surface area contributed by atoms with Crippen LogP contribution in [0.1, 0.15) is 12.8 Å². The van der Waals surface area contributed by atoms with Crippen molar-refractivity contribution in [3.8, 4) is 5.88 Å². The van der Waals surface area contributed by atoms with Gasteiger partial charge in [-0.05, 0) is 55.8 Å². The van der Waals surface area contributed by atoms with Crippen molar-refractivity contribution in [3.63, 3.8) is 0 Å². The van der Waals surface area contributed by atoms with Crippen molar-refractivity contribution in [2.75, 3.05) is 44.2 Å². The van der Waals surface area contributed by atoms with Crippen LogP contribution in [0.3, 0.4) is 0 Å². The Balaban J connectivity index is 1.16. The van der Waals surface area contributed by atoms with E-state index in [1.807, 2.05) is 24.3 Å². The number of piperazine rings is 1. The molecule has 1 aromatic carbocycles. The van der Waals surface area contributed by atoms with Crippen LogP contribution in [0.15, 0.2) is 53.3 Å². The van der Waals surface area contributed by atoms with Crippen LogP contribution in [0.4, 0.5) is 10.1 Å². The summed E-state index contributed by atoms with van der Waals surface area (Å²) in [6.07, 6.45) is 2.00. The summed E-state index contributed by atoms with van der Waals surface area (Å²) in [6.45, 7) is 5.59. The minimum atomic E-state index is -0.193. The van der Waals surface area contributed by atoms with E-state index in [0.717, 1.165) is 56.6 Å². The number of unbranched alkanes of at least 4 members (excludes halogenated alkanes) is 1. The molecule has 0 amide bonds. The van der Waals surface area contributed by atoms with Gasteiger partial charge in [0.2, 0.25) is 11.4 Å². The van der Waals surface area contributed by atoms with Gasteiger partial charge >= 0.3 is 0 Å². The van der Waals surface area contributed by atoms with Gasteiger partial charge in [-0.1, -0.05) is 0 Å². The number of hydrogen-bond acceptors (Lipinski definition) is 5. The van der Waals surface area contributed by atoms with Gasteiger partial charge in [-0.2, -0.15) is 4.98 Å². The highest BCUT2D eigenvalue weighted by Crippen LogP contribution is 2.17. The molecule has 1 fully saturated rings. The van der Waals surface area contributed by atoms with E-state index in [2.05, 4.69) is 19.8 Å². The van der Waals surface area contributed by atoms with Gasteiger partial charge < -0.3 is 14.6 Å². The molecule has 0 bridgehead atoms. The molecule has 0 aliphatic carbocycles. The van der Waals surface area contributed by atoms with Gasteiger partial charge in [0.15, 0.2) is 0 Å². The molecule has 1 aliphatic heterocycles. The SMILES string of the molecule is O=c1ccc2ccc(OCCCCN3CCN(c4ccc(F)cc4)CC3)nc2[nH]1. The molecule has 0 atom stereocenters. The number of benzene rings is 1. The average Bonchev–Trinajstić information content (AvgIpc) is 2.74. The molecule has 2 aromatic heterocycles. The Morgan fingerprint density at radius 2 is 1.72 bits per heavy atom. The first-order valence-electron chi connectivity index (χ1n) is 10.0. The highest BCUT2D eigenvalue weighted by atomic mass is 19.1. The van der Waals surface area contributed by atoms with Crippen molar-refractivity contribution in [1.29, 1.82) is 0 Å². The molecule has 152 valence electrons. The third-order valence-corrected chi connectivity index (χ3v) is 5.24. The van der Waals surface area contributed by atoms with Crippen molar-refractivity contribution in [2.45, 2.75) is 12.8 Å². The normalized spacial score (nSPS) is 15.0. The quantitative estimate of drug-likeness (QED) is 0.622. The topological polar surface area (TPSA) is 61.5 Å². The zero-order chi connectivity index (χ0) is 20.1. The standard InChI is InChI=1S/C22H25FN4O2/c23-18-5-7-19(8-6-18)27-14-12-26(13-15-27)11-1-2-16-29-21-10-4-17-3-9-20(28)24-22(17)25-21/h3-10H,1-2,11-16H2,(H,24,25,28). The number of anilines is 1. The lowest BCUT2D eigenvalue weighted by Crippen LogP contribution is -2.46. The fraction of sp³-hybridized carbons (Fsp3) is 0.364. The minimum absolute atomic E-state index is 0.165. The molecule has 0 radical (unpaired) electrons. The van der Waals surface area contributed by atoms with Crippen molar-refractivity contribution < 1.29 is 9.13 Å². The first kappa shape index (κ1) is 19.4. The van der Waals surface area contributed by atoms with Crippen LogP contribution in [0.25, 0.3) is 11.0 Å². The number of pyridine rings is 2. The van der Waals surface area contributed by atoms with Crippen molar-refractivity contribution >= 4 is 16.7 Å². The molecular weight excluding hydrogens is 371 g/mol. The Kier molecular flexibility index (Phi) is 6.05. The van der Waals surface area contributed by atoms with Crippen molar-refractivity contribution in [3.05, 3.63) is 64.7 Å². The van der Waals surface area contributed by atoms with Gasteiger partial charge in [0.05, 0.1) is 6.61 Å². The molecule has 4 rings (SSSR count). The molecule has 1 aliphatic rings. The smallest absolute Gasteiger partial charge is 0.249 e. The second kappa shape index (κ2) is 9.05. The summed E-state index contributed by atoms with van der Waals surface area (Å²) in [7, 11) is 0. The molecule has 3 heterocycles. The fourth-order valence-electron chi connectivity index (χ4n) is 3.59. The summed E-state index contributed by atoms with van der Waals surface area (Å²) < 4.78 is 18.8. The first-order valence-corrected chi connectivity index (χ1v) is 10.0. The lowest BCUT2D eigenvalue weighted by molar-refractivity contribution is 0.237. The fourth-order valence-corrected chi connectivity index (χ4v) is 3.59. The summed E-state index contributed by atoms with van der Waals surface area (Å²) in [6, 6.07) is 13.7. The van der Waals surface area contributed by atoms with Crippen LogP contribution in [0.2, 0.25) is 0 Å². The van der Waals surface area contributed by atoms with Crippen molar-refractivity contribution in [1.82, 2.24) is 14.9 Å². The zero-order valence-corrected chi connectivity index (χ0v) is 16.3. The molecule has 1 saturated heterocycles. The number of aromatic amines is 1. The molecule has 1 N–H and O–H groups in total. The van der Waals surface area contributed by atoms with E-state index in [4.69, 9.17) is 4.74 Å². The summed E-state index contributed by atoms with van der Waals surface area (Å²) in [5.74, 6) is 0.342. The van der Waals surface area contributed by atoms with Crippen LogP contribution < -0.4 is 15.2 Å². The van der Waals surface area contributed by atoms with E-state index in [1.54, 1.807) is 6.07 Å². The Labute approximate surface area is 168 Å². The average molecular weight is 396 g/mol. The molecule has 0 saturated carbocycles. The Hall–Kier alpha value is -2.93. The van der Waals surface area contributed by atoms with Crippen LogP contribution in [-0.2, 0) is 0 Å². The zero-order valence-electron chi connectivity index (χ0n) is 16.3. The summed E-state index contributed by atoms with van der Waals surface area (Å²) >= 11 is 0. The van der Waals surface area contributed by atoms with Crippen LogP contribution in [0, 0.1) is 5.82 Å². The molecule has 3 aromatic rings. The van der Waals surface area contributed by atoms with Gasteiger partial charge in [-0.15, -0.1) is 0 Å². The van der Waals surface area contributed by atoms with Gasteiger partial charge in [0.25, 0.3) is 0 Å². The number of H-pyrrole nitrogens is 1. The lowest BCUT2D eigenvalue weighted by atomic mass is 10.2. The summed E-state index contributed by atoms with van der Waals surface area (Å²) in [5, 5.41) is 0.886. The second-order valence-electron chi connectivity index (χ2n) is 7.27. The molecule has 7 heteroatoms. The number of ether oxygens (including phenoxy) is 1. The van der Waals surface area contributed by atoms with E-state index >= 15 is 0 Å². The predicted octanol–water partition coefficient (Wildman–Crippen LogP) is 3.04. The number of hydrogen-bond donors (Lipinski definition) is 1. The van der Waals surface area contributed by atoms with E-state index in [0.29, 0.717) is 18.1 Å². The molecule has 0 spiro atoms. The monoisotopic (exact) mass is 396 g/mol. The highest BCUT2D eigenvalue weighted by molar-refractivity contribution is 5.74. The molecule has 0 unspecified atom stereocenters.